The first kappa shape index (κ1) is 19.4. The molecule has 1 aromatic heterocycles. The summed E-state index contributed by atoms with van der Waals surface area (Å²) in [7, 11) is 0. The van der Waals surface area contributed by atoms with Gasteiger partial charge in [0.15, 0.2) is 0 Å². The van der Waals surface area contributed by atoms with Crippen molar-refractivity contribution < 1.29 is 9.53 Å². The summed E-state index contributed by atoms with van der Waals surface area (Å²) in [6.07, 6.45) is 4.69. The molecule has 0 saturated heterocycles. The number of hydrogen-bond donors (Lipinski definition) is 2. The number of rotatable bonds is 2. The fourth-order valence-corrected chi connectivity index (χ4v) is 3.78. The number of anilines is 1. The fourth-order valence-electron chi connectivity index (χ4n) is 3.78. The molecule has 0 aliphatic heterocycles. The molecule has 146 valence electrons. The van der Waals surface area contributed by atoms with Gasteiger partial charge in [0.25, 0.3) is 5.56 Å². The largest absolute Gasteiger partial charge is 0.443 e. The molecular weight excluding hydrogens is 342 g/mol. The van der Waals surface area contributed by atoms with Gasteiger partial charge in [-0.3, -0.25) is 9.69 Å². The second kappa shape index (κ2) is 7.35. The molecule has 0 bridgehead atoms. The third kappa shape index (κ3) is 4.16. The number of nitrogens with one attached hydrogen (secondary N) is 1. The van der Waals surface area contributed by atoms with Crippen molar-refractivity contribution in [3.63, 3.8) is 0 Å². The second-order valence-electron chi connectivity index (χ2n) is 8.42. The number of aromatic nitrogens is 1. The predicted molar refractivity (Wildman–Crippen MR) is 108 cm³/mol. The average Bonchev–Trinajstić information content (AvgIpc) is 2.59. The summed E-state index contributed by atoms with van der Waals surface area (Å²) in [5.41, 5.74) is 6.95. The van der Waals surface area contributed by atoms with Gasteiger partial charge in [0, 0.05) is 29.1 Å². The Hall–Kier alpha value is -2.34. The zero-order chi connectivity index (χ0) is 19.8. The van der Waals surface area contributed by atoms with Gasteiger partial charge >= 0.3 is 6.09 Å². The smallest absolute Gasteiger partial charge is 0.415 e. The molecule has 1 aliphatic rings. The van der Waals surface area contributed by atoms with Crippen LogP contribution >= 0.6 is 0 Å². The Morgan fingerprint density at radius 2 is 1.89 bits per heavy atom. The van der Waals surface area contributed by atoms with Crippen molar-refractivity contribution >= 4 is 22.6 Å². The molecule has 0 radical (unpaired) electrons. The highest BCUT2D eigenvalue weighted by molar-refractivity contribution is 6.03. The Labute approximate surface area is 159 Å². The fraction of sp³-hybridized carbons (Fsp3) is 0.524. The summed E-state index contributed by atoms with van der Waals surface area (Å²) < 4.78 is 5.72. The number of H-pyrrole nitrogens is 1. The second-order valence-corrected chi connectivity index (χ2v) is 8.42. The lowest BCUT2D eigenvalue weighted by atomic mass is 9.90. The molecule has 1 saturated carbocycles. The van der Waals surface area contributed by atoms with E-state index in [9.17, 15) is 9.59 Å². The monoisotopic (exact) mass is 371 g/mol. The molecule has 1 fully saturated rings. The number of carbonyl (C=O) groups is 1. The highest BCUT2D eigenvalue weighted by atomic mass is 16.6. The number of aromatic amines is 1. The molecule has 6 nitrogen and oxygen atoms in total. The summed E-state index contributed by atoms with van der Waals surface area (Å²) in [5, 5.41) is 1.37. The minimum atomic E-state index is -0.600. The third-order valence-corrected chi connectivity index (χ3v) is 5.06. The van der Waals surface area contributed by atoms with Crippen molar-refractivity contribution in [2.75, 3.05) is 4.90 Å². The van der Waals surface area contributed by atoms with Crippen molar-refractivity contribution in [2.24, 2.45) is 5.73 Å². The van der Waals surface area contributed by atoms with Crippen molar-refractivity contribution in [3.05, 3.63) is 40.3 Å². The van der Waals surface area contributed by atoms with Gasteiger partial charge in [-0.25, -0.2) is 4.79 Å². The molecule has 2 aromatic rings. The molecule has 6 heteroatoms. The van der Waals surface area contributed by atoms with E-state index in [4.69, 9.17) is 10.5 Å². The first-order valence-electron chi connectivity index (χ1n) is 9.56. The molecule has 0 atom stereocenters. The molecule has 1 heterocycles. The molecule has 1 amide bonds. The molecule has 27 heavy (non-hydrogen) atoms. The quantitative estimate of drug-likeness (QED) is 0.839. The predicted octanol–water partition coefficient (Wildman–Crippen LogP) is 3.85. The zero-order valence-electron chi connectivity index (χ0n) is 16.5. The Morgan fingerprint density at radius 3 is 2.52 bits per heavy atom. The number of fused-ring (bicyclic) bond motifs is 1. The lowest BCUT2D eigenvalue weighted by Crippen LogP contribution is -2.46. The highest BCUT2D eigenvalue weighted by Gasteiger charge is 2.33. The van der Waals surface area contributed by atoms with Crippen molar-refractivity contribution in [1.29, 1.82) is 0 Å². The molecule has 0 spiro atoms. The Balaban J connectivity index is 2.13. The van der Waals surface area contributed by atoms with Gasteiger partial charge in [-0.15, -0.1) is 0 Å². The van der Waals surface area contributed by atoms with Crippen LogP contribution < -0.4 is 16.2 Å². The summed E-state index contributed by atoms with van der Waals surface area (Å²) in [6.45, 7) is 7.52. The average molecular weight is 371 g/mol. The highest BCUT2D eigenvalue weighted by Crippen LogP contribution is 2.34. The van der Waals surface area contributed by atoms with Crippen LogP contribution in [0.4, 0.5) is 10.5 Å². The van der Waals surface area contributed by atoms with Crippen LogP contribution in [-0.4, -0.2) is 28.8 Å². The minimum absolute atomic E-state index is 0.00365. The number of nitrogens with two attached hydrogens (primary N) is 1. The van der Waals surface area contributed by atoms with Crippen LogP contribution in [0.1, 0.15) is 52.0 Å². The summed E-state index contributed by atoms with van der Waals surface area (Å²) >= 11 is 0. The van der Waals surface area contributed by atoms with E-state index in [1.807, 2.05) is 39.8 Å². The zero-order valence-corrected chi connectivity index (χ0v) is 16.5. The van der Waals surface area contributed by atoms with Gasteiger partial charge in [0.05, 0.1) is 5.69 Å². The molecule has 0 unspecified atom stereocenters. The van der Waals surface area contributed by atoms with Crippen LogP contribution in [0, 0.1) is 6.92 Å². The van der Waals surface area contributed by atoms with Gasteiger partial charge < -0.3 is 15.5 Å². The summed E-state index contributed by atoms with van der Waals surface area (Å²) in [4.78, 5) is 30.0. The Bertz CT molecular complexity index is 890. The number of benzene rings is 1. The lowest BCUT2D eigenvalue weighted by Gasteiger charge is -2.37. The maximum atomic E-state index is 13.2. The van der Waals surface area contributed by atoms with Crippen LogP contribution in [0.25, 0.3) is 10.8 Å². The van der Waals surface area contributed by atoms with Crippen molar-refractivity contribution in [2.45, 2.75) is 71.1 Å². The first-order chi connectivity index (χ1) is 12.7. The molecule has 1 aliphatic carbocycles. The molecule has 3 N–H and O–H groups in total. The summed E-state index contributed by atoms with van der Waals surface area (Å²) in [5.74, 6) is 0. The van der Waals surface area contributed by atoms with Gasteiger partial charge in [-0.2, -0.15) is 0 Å². The number of ether oxygens (including phenoxy) is 1. The van der Waals surface area contributed by atoms with E-state index in [0.717, 1.165) is 42.3 Å². The van der Waals surface area contributed by atoms with Gasteiger partial charge in [0.2, 0.25) is 0 Å². The van der Waals surface area contributed by atoms with E-state index >= 15 is 0 Å². The lowest BCUT2D eigenvalue weighted by molar-refractivity contribution is 0.0557. The van der Waals surface area contributed by atoms with Crippen LogP contribution in [0.2, 0.25) is 0 Å². The molecular formula is C21H29N3O3. The SMILES string of the molecule is Cc1c[nH]c(=O)c2cccc(N(C(=O)OC(C)(C)C)C3CCC(N)CC3)c12. The van der Waals surface area contributed by atoms with E-state index in [1.165, 1.54) is 0 Å². The number of amides is 1. The third-order valence-electron chi connectivity index (χ3n) is 5.06. The number of carbonyl (C=O) groups excluding carboxylic acids is 1. The first-order valence-corrected chi connectivity index (χ1v) is 9.56. The number of aryl methyl sites for hydroxylation is 1. The van der Waals surface area contributed by atoms with Crippen LogP contribution in [0.15, 0.2) is 29.2 Å². The van der Waals surface area contributed by atoms with E-state index in [1.54, 1.807) is 17.2 Å². The minimum Gasteiger partial charge on any atom is -0.443 e. The van der Waals surface area contributed by atoms with Crippen LogP contribution in [0.5, 0.6) is 0 Å². The maximum absolute atomic E-state index is 13.2. The normalized spacial score (nSPS) is 20.5. The van der Waals surface area contributed by atoms with Crippen LogP contribution in [-0.2, 0) is 4.74 Å². The van der Waals surface area contributed by atoms with Gasteiger partial charge in [0.1, 0.15) is 5.60 Å². The van der Waals surface area contributed by atoms with Crippen LogP contribution in [0.3, 0.4) is 0 Å². The Morgan fingerprint density at radius 1 is 1.22 bits per heavy atom. The van der Waals surface area contributed by atoms with Crippen molar-refractivity contribution in [3.8, 4) is 0 Å². The van der Waals surface area contributed by atoms with E-state index < -0.39 is 5.60 Å². The van der Waals surface area contributed by atoms with E-state index in [-0.39, 0.29) is 23.7 Å². The van der Waals surface area contributed by atoms with E-state index in [2.05, 4.69) is 4.98 Å². The Kier molecular flexibility index (Phi) is 5.29. The number of pyridine rings is 1. The van der Waals surface area contributed by atoms with Crippen molar-refractivity contribution in [1.82, 2.24) is 4.98 Å². The standard InChI is InChI=1S/C21H29N3O3/c1-13-12-23-19(25)16-6-5-7-17(18(13)16)24(20(26)27-21(2,3)4)15-10-8-14(22)9-11-15/h5-7,12,14-15H,8-11,22H2,1-4H3,(H,23,25). The molecule has 3 rings (SSSR count). The van der Waals surface area contributed by atoms with E-state index in [0.29, 0.717) is 5.39 Å². The topological polar surface area (TPSA) is 88.4 Å². The number of hydrogen-bond acceptors (Lipinski definition) is 4. The number of nitrogens with zero attached hydrogens (tertiary/aromatic N) is 1. The molecule has 1 aromatic carbocycles. The maximum Gasteiger partial charge on any atom is 0.415 e. The van der Waals surface area contributed by atoms with Gasteiger partial charge in [-0.1, -0.05) is 6.07 Å². The summed E-state index contributed by atoms with van der Waals surface area (Å²) in [6, 6.07) is 5.68. The van der Waals surface area contributed by atoms with Gasteiger partial charge in [-0.05, 0) is 71.1 Å².